The van der Waals surface area contributed by atoms with E-state index in [1.165, 1.54) is 6.42 Å². The van der Waals surface area contributed by atoms with Crippen LogP contribution < -0.4 is 26.6 Å². The second-order valence-corrected chi connectivity index (χ2v) is 11.9. The maximum absolute atomic E-state index is 12.9. The highest BCUT2D eigenvalue weighted by molar-refractivity contribution is 6.20. The van der Waals surface area contributed by atoms with Crippen LogP contribution in [0.1, 0.15) is 45.4 Å². The van der Waals surface area contributed by atoms with Gasteiger partial charge in [-0.25, -0.2) is 0 Å². The molecule has 13 heteroatoms. The van der Waals surface area contributed by atoms with E-state index in [0.29, 0.717) is 24.5 Å². The Balaban J connectivity index is 1.15. The van der Waals surface area contributed by atoms with Gasteiger partial charge in [0, 0.05) is 50.2 Å². The highest BCUT2D eigenvalue weighted by Gasteiger charge is 2.42. The highest BCUT2D eigenvalue weighted by atomic mass is 35.5. The van der Waals surface area contributed by atoms with Gasteiger partial charge in [-0.2, -0.15) is 13.2 Å². The first-order chi connectivity index (χ1) is 17.7. The molecule has 5 rings (SSSR count). The standard InChI is InChI=1S/C24H43ClF3N7O2/c1-15-2-4-17(37-15)13-30-21-31-22(33-23(32-21)36-14-24(26,27)28)35-10-8-34(9-11-35)20-6-7-29-19-12-16(25)3-5-18(19)20/h15-23,29-33H,2-14H2,1H3. The molecule has 0 amide bonds. The molecule has 5 N–H and O–H groups in total. The molecule has 214 valence electrons. The lowest BCUT2D eigenvalue weighted by molar-refractivity contribution is -0.202. The minimum Gasteiger partial charge on any atom is -0.374 e. The molecule has 0 aromatic carbocycles. The first kappa shape index (κ1) is 28.3. The number of hydrogen-bond donors (Lipinski definition) is 5. The van der Waals surface area contributed by atoms with Gasteiger partial charge < -0.3 is 14.8 Å². The summed E-state index contributed by atoms with van der Waals surface area (Å²) in [4.78, 5) is 4.88. The van der Waals surface area contributed by atoms with Gasteiger partial charge in [0.2, 0.25) is 0 Å². The van der Waals surface area contributed by atoms with Crippen molar-refractivity contribution in [3.8, 4) is 0 Å². The number of nitrogens with zero attached hydrogens (tertiary/aromatic N) is 2. The molecule has 9 nitrogen and oxygen atoms in total. The van der Waals surface area contributed by atoms with Crippen molar-refractivity contribution in [2.24, 2.45) is 5.92 Å². The van der Waals surface area contributed by atoms with Crippen molar-refractivity contribution in [1.82, 2.24) is 36.4 Å². The van der Waals surface area contributed by atoms with E-state index in [1.54, 1.807) is 0 Å². The van der Waals surface area contributed by atoms with Gasteiger partial charge in [-0.1, -0.05) is 0 Å². The van der Waals surface area contributed by atoms with E-state index in [9.17, 15) is 13.2 Å². The predicted molar refractivity (Wildman–Crippen MR) is 135 cm³/mol. The Bertz CT molecular complexity index is 733. The Morgan fingerprint density at radius 1 is 1.00 bits per heavy atom. The number of rotatable bonds is 7. The molecular weight excluding hydrogens is 511 g/mol. The third-order valence-electron chi connectivity index (χ3n) is 8.60. The van der Waals surface area contributed by atoms with Crippen LogP contribution in [0.15, 0.2) is 0 Å². The number of piperazine rings is 1. The lowest BCUT2D eigenvalue weighted by Gasteiger charge is -2.51. The van der Waals surface area contributed by atoms with Crippen molar-refractivity contribution >= 4 is 11.6 Å². The molecule has 0 bridgehead atoms. The molecule has 4 aliphatic heterocycles. The van der Waals surface area contributed by atoms with Gasteiger partial charge in [-0.15, -0.1) is 11.6 Å². The van der Waals surface area contributed by atoms with Crippen LogP contribution in [0, 0.1) is 5.92 Å². The fourth-order valence-electron chi connectivity index (χ4n) is 6.73. The molecule has 0 aromatic rings. The van der Waals surface area contributed by atoms with Crippen LogP contribution in [0.4, 0.5) is 13.2 Å². The summed E-state index contributed by atoms with van der Waals surface area (Å²) >= 11 is 6.45. The zero-order valence-electron chi connectivity index (χ0n) is 21.6. The molecule has 4 saturated heterocycles. The summed E-state index contributed by atoms with van der Waals surface area (Å²) in [5.74, 6) is 0.639. The molecular formula is C24H43ClF3N7O2. The summed E-state index contributed by atoms with van der Waals surface area (Å²) in [5, 5.41) is 17.0. The molecule has 4 heterocycles. The maximum atomic E-state index is 12.9. The van der Waals surface area contributed by atoms with Crippen LogP contribution >= 0.6 is 11.6 Å². The highest BCUT2D eigenvalue weighted by Crippen LogP contribution is 2.36. The van der Waals surface area contributed by atoms with Crippen LogP contribution in [0.5, 0.6) is 0 Å². The quantitative estimate of drug-likeness (QED) is 0.298. The summed E-state index contributed by atoms with van der Waals surface area (Å²) in [5.41, 5.74) is 0. The van der Waals surface area contributed by atoms with Gasteiger partial charge in [0.1, 0.15) is 19.2 Å². The smallest absolute Gasteiger partial charge is 0.374 e. The summed E-state index contributed by atoms with van der Waals surface area (Å²) < 4.78 is 49.6. The third-order valence-corrected chi connectivity index (χ3v) is 9.00. The molecule has 5 fully saturated rings. The van der Waals surface area contributed by atoms with Crippen LogP contribution in [0.2, 0.25) is 0 Å². The van der Waals surface area contributed by atoms with Gasteiger partial charge >= 0.3 is 6.18 Å². The predicted octanol–water partition coefficient (Wildman–Crippen LogP) is 1.11. The molecule has 9 atom stereocenters. The number of halogens is 4. The molecule has 0 radical (unpaired) electrons. The van der Waals surface area contributed by atoms with Gasteiger partial charge in [0.05, 0.1) is 12.2 Å². The lowest BCUT2D eigenvalue weighted by atomic mass is 9.75. The summed E-state index contributed by atoms with van der Waals surface area (Å²) in [6.07, 6.45) is 0.768. The van der Waals surface area contributed by atoms with E-state index < -0.39 is 25.4 Å². The van der Waals surface area contributed by atoms with Crippen LogP contribution in [0.3, 0.4) is 0 Å². The van der Waals surface area contributed by atoms with Crippen molar-refractivity contribution in [1.29, 1.82) is 0 Å². The minimum absolute atomic E-state index is 0.104. The Morgan fingerprint density at radius 2 is 1.78 bits per heavy atom. The number of nitrogens with one attached hydrogen (secondary N) is 5. The first-order valence-corrected chi connectivity index (χ1v) is 14.4. The first-order valence-electron chi connectivity index (χ1n) is 13.9. The average molecular weight is 554 g/mol. The van der Waals surface area contributed by atoms with E-state index >= 15 is 0 Å². The Labute approximate surface area is 222 Å². The summed E-state index contributed by atoms with van der Waals surface area (Å²) in [6.45, 7) is 5.92. The molecule has 37 heavy (non-hydrogen) atoms. The fraction of sp³-hybridized carbons (Fsp3) is 1.00. The normalized spacial score (nSPS) is 42.6. The average Bonchev–Trinajstić information content (AvgIpc) is 3.30. The van der Waals surface area contributed by atoms with Crippen LogP contribution in [0.25, 0.3) is 0 Å². The van der Waals surface area contributed by atoms with Gasteiger partial charge in [-0.3, -0.25) is 31.1 Å². The zero-order chi connectivity index (χ0) is 26.0. The maximum Gasteiger partial charge on any atom is 0.411 e. The Morgan fingerprint density at radius 3 is 2.51 bits per heavy atom. The second kappa shape index (κ2) is 12.5. The minimum atomic E-state index is -4.39. The molecule has 1 aliphatic carbocycles. The molecule has 9 unspecified atom stereocenters. The molecule has 0 aromatic heterocycles. The van der Waals surface area contributed by atoms with Gasteiger partial charge in [0.25, 0.3) is 0 Å². The number of ether oxygens (including phenoxy) is 2. The zero-order valence-corrected chi connectivity index (χ0v) is 22.4. The number of fused-ring (bicyclic) bond motifs is 1. The van der Waals surface area contributed by atoms with E-state index in [0.717, 1.165) is 64.8 Å². The van der Waals surface area contributed by atoms with Crippen molar-refractivity contribution in [2.75, 3.05) is 45.9 Å². The van der Waals surface area contributed by atoms with Gasteiger partial charge in [-0.05, 0) is 57.9 Å². The second-order valence-electron chi connectivity index (χ2n) is 11.3. The number of alkyl halides is 4. The largest absolute Gasteiger partial charge is 0.411 e. The van der Waals surface area contributed by atoms with Crippen molar-refractivity contribution in [3.63, 3.8) is 0 Å². The summed E-state index contributed by atoms with van der Waals surface area (Å²) in [7, 11) is 0. The molecule has 5 aliphatic rings. The number of hydrogen-bond acceptors (Lipinski definition) is 9. The van der Waals surface area contributed by atoms with E-state index in [1.807, 2.05) is 0 Å². The van der Waals surface area contributed by atoms with Crippen LogP contribution in [-0.2, 0) is 9.47 Å². The lowest BCUT2D eigenvalue weighted by Crippen LogP contribution is -2.77. The van der Waals surface area contributed by atoms with Crippen LogP contribution in [-0.4, -0.2) is 110 Å². The monoisotopic (exact) mass is 553 g/mol. The summed E-state index contributed by atoms with van der Waals surface area (Å²) in [6, 6.07) is 1.07. The van der Waals surface area contributed by atoms with Crippen molar-refractivity contribution in [2.45, 2.75) is 100 Å². The molecule has 1 saturated carbocycles. The Kier molecular flexibility index (Phi) is 9.54. The van der Waals surface area contributed by atoms with Crippen molar-refractivity contribution < 1.29 is 22.6 Å². The fourth-order valence-corrected chi connectivity index (χ4v) is 7.05. The molecule has 0 spiro atoms. The van der Waals surface area contributed by atoms with E-state index in [4.69, 9.17) is 21.1 Å². The van der Waals surface area contributed by atoms with Gasteiger partial charge in [0.15, 0.2) is 6.35 Å². The topological polar surface area (TPSA) is 85.1 Å². The SMILES string of the molecule is CC1CCC(CNC2NC(OCC(F)(F)F)NC(N3CCN(C4CCNC5CC(Cl)CCC54)CC3)N2)O1. The van der Waals surface area contributed by atoms with E-state index in [-0.39, 0.29) is 23.9 Å². The van der Waals surface area contributed by atoms with E-state index in [2.05, 4.69) is 43.3 Å². The van der Waals surface area contributed by atoms with Crippen molar-refractivity contribution in [3.05, 3.63) is 0 Å². The Hall–Kier alpha value is -0.280. The third kappa shape index (κ3) is 7.68. The number of piperidine rings is 1.